The largest absolute Gasteiger partial charge is 0.516 e. The third-order valence-corrected chi connectivity index (χ3v) is 3.82. The molecule has 0 bridgehead atoms. The van der Waals surface area contributed by atoms with Gasteiger partial charge in [0.25, 0.3) is 0 Å². The van der Waals surface area contributed by atoms with Gasteiger partial charge in [-0.25, -0.2) is 0 Å². The summed E-state index contributed by atoms with van der Waals surface area (Å²) in [6.07, 6.45) is 5.11. The van der Waals surface area contributed by atoms with Crippen molar-refractivity contribution in [2.45, 2.75) is 12.0 Å². The van der Waals surface area contributed by atoms with E-state index in [1.54, 1.807) is 0 Å². The molecule has 0 saturated heterocycles. The van der Waals surface area contributed by atoms with Gasteiger partial charge < -0.3 is 13.3 Å². The Balaban J connectivity index is 4.50. The number of nitrogens with two attached hydrogens (primary N) is 3. The summed E-state index contributed by atoms with van der Waals surface area (Å²) in [6, 6.07) is 0.160. The molecule has 6 N–H and O–H groups in total. The van der Waals surface area contributed by atoms with Crippen LogP contribution in [-0.2, 0) is 13.3 Å². The average Bonchev–Trinajstić information content (AvgIpc) is 2.01. The van der Waals surface area contributed by atoms with Gasteiger partial charge in [-0.3, -0.25) is 17.2 Å². The maximum atomic E-state index is 5.24. The van der Waals surface area contributed by atoms with Gasteiger partial charge in [-0.2, -0.15) is 0 Å². The minimum absolute atomic E-state index is 0.160. The molecule has 0 aromatic carbocycles. The van der Waals surface area contributed by atoms with E-state index in [1.165, 1.54) is 14.2 Å². The molecule has 0 spiro atoms. The van der Waals surface area contributed by atoms with Crippen LogP contribution in [0.2, 0.25) is 6.04 Å². The molecule has 0 aromatic rings. The molecule has 0 saturated carbocycles. The van der Waals surface area contributed by atoms with E-state index in [-0.39, 0.29) is 6.04 Å². The summed E-state index contributed by atoms with van der Waals surface area (Å²) in [5.74, 6) is 0.557. The van der Waals surface area contributed by atoms with Gasteiger partial charge in [0.05, 0.1) is 6.04 Å². The first kappa shape index (κ1) is 12.5. The van der Waals surface area contributed by atoms with Crippen LogP contribution in [0.4, 0.5) is 0 Å². The van der Waals surface area contributed by atoms with Crippen molar-refractivity contribution >= 4 is 8.80 Å². The molecule has 0 aromatic heterocycles. The van der Waals surface area contributed by atoms with Crippen LogP contribution in [0.25, 0.3) is 0 Å². The molecular weight excluding hydrogens is 190 g/mol. The molecule has 0 aliphatic heterocycles. The normalized spacial score (nSPS) is 12.6. The highest BCUT2D eigenvalue weighted by Crippen LogP contribution is 2.14. The molecule has 76 valence electrons. The van der Waals surface area contributed by atoms with Crippen molar-refractivity contribution in [3.8, 4) is 12.3 Å². The van der Waals surface area contributed by atoms with E-state index in [0.717, 1.165) is 0 Å². The van der Waals surface area contributed by atoms with Gasteiger partial charge >= 0.3 is 8.80 Å². The Labute approximate surface area is 78.7 Å². The van der Waals surface area contributed by atoms with Crippen LogP contribution in [0.15, 0.2) is 0 Å². The maximum Gasteiger partial charge on any atom is 0.516 e. The van der Waals surface area contributed by atoms with E-state index < -0.39 is 14.8 Å². The summed E-state index contributed by atoms with van der Waals surface area (Å²) in [6.45, 7) is 0. The van der Waals surface area contributed by atoms with Crippen LogP contribution >= 0.6 is 0 Å². The summed E-state index contributed by atoms with van der Waals surface area (Å²) < 4.78 is 15.1. The zero-order valence-corrected chi connectivity index (χ0v) is 8.74. The lowest BCUT2D eigenvalue weighted by Gasteiger charge is -2.31. The summed E-state index contributed by atoms with van der Waals surface area (Å²) in [5.41, 5.74) is 15.7. The maximum absolute atomic E-state index is 5.24. The van der Waals surface area contributed by atoms with Gasteiger partial charge in [0.1, 0.15) is 0 Å². The zero-order valence-electron chi connectivity index (χ0n) is 7.74. The van der Waals surface area contributed by atoms with Gasteiger partial charge in [0.2, 0.25) is 5.97 Å². The van der Waals surface area contributed by atoms with E-state index in [4.69, 9.17) is 36.9 Å². The second kappa shape index (κ2) is 4.68. The Kier molecular flexibility index (Phi) is 4.52. The highest BCUT2D eigenvalue weighted by Gasteiger charge is 2.43. The van der Waals surface area contributed by atoms with Crippen molar-refractivity contribution in [3.05, 3.63) is 0 Å². The molecule has 7 heteroatoms. The van der Waals surface area contributed by atoms with E-state index >= 15 is 0 Å². The third-order valence-electron chi connectivity index (χ3n) is 1.27. The second-order valence-corrected chi connectivity index (χ2v) is 5.17. The van der Waals surface area contributed by atoms with Crippen LogP contribution < -0.4 is 17.2 Å². The van der Waals surface area contributed by atoms with Crippen molar-refractivity contribution in [2.24, 2.45) is 17.2 Å². The molecule has 0 fully saturated rings. The van der Waals surface area contributed by atoms with Crippen molar-refractivity contribution in [1.82, 2.24) is 0 Å². The predicted octanol–water partition coefficient (Wildman–Crippen LogP) is -1.64. The van der Waals surface area contributed by atoms with Crippen molar-refractivity contribution in [1.29, 1.82) is 0 Å². The van der Waals surface area contributed by atoms with Gasteiger partial charge in [0.15, 0.2) is 0 Å². The van der Waals surface area contributed by atoms with Gasteiger partial charge in [-0.05, 0) is 0 Å². The van der Waals surface area contributed by atoms with Crippen molar-refractivity contribution < 1.29 is 13.3 Å². The molecule has 0 aliphatic carbocycles. The topological polar surface area (TPSA) is 106 Å². The van der Waals surface area contributed by atoms with Gasteiger partial charge in [-0.15, -0.1) is 12.3 Å². The fourth-order valence-electron chi connectivity index (χ4n) is 0.741. The lowest BCUT2D eigenvalue weighted by Crippen LogP contribution is -2.66. The molecule has 0 rings (SSSR count). The first-order valence-corrected chi connectivity index (χ1v) is 5.43. The molecule has 0 radical (unpaired) electrons. The van der Waals surface area contributed by atoms with Crippen LogP contribution in [0.3, 0.4) is 0 Å². The quantitative estimate of drug-likeness (QED) is 0.282. The predicted molar refractivity (Wildman–Crippen MR) is 49.8 cm³/mol. The number of hydrogen-bond acceptors (Lipinski definition) is 6. The Morgan fingerprint density at radius 2 is 1.77 bits per heavy atom. The van der Waals surface area contributed by atoms with E-state index in [0.29, 0.717) is 0 Å². The fourth-order valence-corrected chi connectivity index (χ4v) is 2.22. The van der Waals surface area contributed by atoms with Crippen molar-refractivity contribution in [2.75, 3.05) is 14.2 Å². The standard InChI is InChI=1S/C6H15N3O3Si/c1-4-5-13(10-2,11-3)12-6(7,8)9/h1H,5,7-9H2,2-3H3. The molecule has 13 heavy (non-hydrogen) atoms. The van der Waals surface area contributed by atoms with Crippen LogP contribution in [-0.4, -0.2) is 29.0 Å². The highest BCUT2D eigenvalue weighted by molar-refractivity contribution is 6.61. The monoisotopic (exact) mass is 205 g/mol. The number of hydrogen-bond donors (Lipinski definition) is 3. The molecule has 6 nitrogen and oxygen atoms in total. The summed E-state index contributed by atoms with van der Waals surface area (Å²) in [4.78, 5) is 0. The van der Waals surface area contributed by atoms with E-state index in [2.05, 4.69) is 5.92 Å². The summed E-state index contributed by atoms with van der Waals surface area (Å²) >= 11 is 0. The average molecular weight is 205 g/mol. The van der Waals surface area contributed by atoms with E-state index in [1.807, 2.05) is 0 Å². The zero-order chi connectivity index (χ0) is 10.5. The smallest absolute Gasteiger partial charge is 0.376 e. The van der Waals surface area contributed by atoms with Crippen LogP contribution in [0.1, 0.15) is 0 Å². The van der Waals surface area contributed by atoms with Crippen LogP contribution in [0.5, 0.6) is 0 Å². The van der Waals surface area contributed by atoms with Crippen LogP contribution in [0, 0.1) is 12.3 Å². The Morgan fingerprint density at radius 3 is 2.00 bits per heavy atom. The Bertz CT molecular complexity index is 194. The summed E-state index contributed by atoms with van der Waals surface area (Å²) in [5, 5.41) is 0. The molecule has 0 amide bonds. The second-order valence-electron chi connectivity index (χ2n) is 2.43. The first-order chi connectivity index (χ1) is 5.89. The lowest BCUT2D eigenvalue weighted by atomic mass is 10.8. The molecular formula is C6H15N3O3Si. The minimum Gasteiger partial charge on any atom is -0.376 e. The molecule has 0 atom stereocenters. The molecule has 0 aliphatic rings. The fraction of sp³-hybridized carbons (Fsp3) is 0.667. The Morgan fingerprint density at radius 1 is 1.31 bits per heavy atom. The third kappa shape index (κ3) is 4.35. The summed E-state index contributed by atoms with van der Waals surface area (Å²) in [7, 11) is -0.187. The number of rotatable bonds is 5. The van der Waals surface area contributed by atoms with Gasteiger partial charge in [-0.1, -0.05) is 0 Å². The van der Waals surface area contributed by atoms with Crippen molar-refractivity contribution in [3.63, 3.8) is 0 Å². The highest BCUT2D eigenvalue weighted by atomic mass is 28.4. The van der Waals surface area contributed by atoms with Gasteiger partial charge in [0, 0.05) is 14.2 Å². The SMILES string of the molecule is C#CC[Si](OC)(OC)OC(N)(N)N. The first-order valence-electron chi connectivity index (χ1n) is 3.49. The lowest BCUT2D eigenvalue weighted by molar-refractivity contribution is -0.00412. The molecule has 0 unspecified atom stereocenters. The Hall–Kier alpha value is -0.463. The molecule has 0 heterocycles. The number of terminal acetylenes is 1. The van der Waals surface area contributed by atoms with E-state index in [9.17, 15) is 0 Å². The minimum atomic E-state index is -2.99.